The van der Waals surface area contributed by atoms with Gasteiger partial charge >= 0.3 is 0 Å². The molecule has 1 amide bonds. The Labute approximate surface area is 88.9 Å². The van der Waals surface area contributed by atoms with Crippen molar-refractivity contribution < 1.29 is 9.21 Å². The topological polar surface area (TPSA) is 66.0 Å². The number of nitriles is 1. The number of hydrogen-bond acceptors (Lipinski definition) is 3. The maximum absolute atomic E-state index is 11.1. The Morgan fingerprint density at radius 2 is 2.40 bits per heavy atom. The summed E-state index contributed by atoms with van der Waals surface area (Å²) in [5.74, 6) is 1.66. The van der Waals surface area contributed by atoms with Gasteiger partial charge in [0.1, 0.15) is 11.5 Å². The van der Waals surface area contributed by atoms with Crippen LogP contribution < -0.4 is 5.32 Å². The number of carbonyl (C=O) groups excluding carboxylic acids is 1. The molecule has 1 rings (SSSR count). The molecular formula is C11H14N2O2. The van der Waals surface area contributed by atoms with Gasteiger partial charge in [0, 0.05) is 25.8 Å². The van der Waals surface area contributed by atoms with Gasteiger partial charge in [0.15, 0.2) is 0 Å². The highest BCUT2D eigenvalue weighted by Gasteiger charge is 2.01. The highest BCUT2D eigenvalue weighted by molar-refractivity contribution is 5.76. The average molecular weight is 206 g/mol. The lowest BCUT2D eigenvalue weighted by Crippen LogP contribution is -2.25. The van der Waals surface area contributed by atoms with E-state index in [0.29, 0.717) is 13.0 Å². The minimum atomic E-state index is -0.0835. The van der Waals surface area contributed by atoms with Crippen molar-refractivity contribution in [3.05, 3.63) is 23.7 Å². The lowest BCUT2D eigenvalue weighted by atomic mass is 10.3. The predicted octanol–water partition coefficient (Wildman–Crippen LogP) is 1.55. The third-order valence-corrected chi connectivity index (χ3v) is 1.95. The van der Waals surface area contributed by atoms with Crippen LogP contribution in [0.3, 0.4) is 0 Å². The molecule has 0 unspecified atom stereocenters. The van der Waals surface area contributed by atoms with Gasteiger partial charge in [-0.2, -0.15) is 5.26 Å². The first-order chi connectivity index (χ1) is 7.22. The van der Waals surface area contributed by atoms with E-state index in [1.165, 1.54) is 0 Å². The van der Waals surface area contributed by atoms with E-state index in [4.69, 9.17) is 9.68 Å². The summed E-state index contributed by atoms with van der Waals surface area (Å²) >= 11 is 0. The largest absolute Gasteiger partial charge is 0.466 e. The van der Waals surface area contributed by atoms with Crippen LogP contribution in [0.4, 0.5) is 0 Å². The van der Waals surface area contributed by atoms with Crippen molar-refractivity contribution >= 4 is 5.91 Å². The van der Waals surface area contributed by atoms with Crippen LogP contribution in [0.15, 0.2) is 16.5 Å². The third kappa shape index (κ3) is 4.32. The van der Waals surface area contributed by atoms with Crippen molar-refractivity contribution in [1.82, 2.24) is 5.32 Å². The molecular weight excluding hydrogens is 192 g/mol. The highest BCUT2D eigenvalue weighted by Crippen LogP contribution is 2.05. The summed E-state index contributed by atoms with van der Waals surface area (Å²) in [5.41, 5.74) is 0. The van der Waals surface area contributed by atoms with Crippen LogP contribution in [-0.4, -0.2) is 12.5 Å². The zero-order valence-corrected chi connectivity index (χ0v) is 8.75. The fraction of sp³-hybridized carbons (Fsp3) is 0.455. The molecule has 1 aromatic heterocycles. The molecule has 4 heteroatoms. The molecule has 0 saturated carbocycles. The first-order valence-corrected chi connectivity index (χ1v) is 4.91. The van der Waals surface area contributed by atoms with Crippen molar-refractivity contribution in [3.8, 4) is 6.07 Å². The molecule has 1 aromatic rings. The number of hydrogen-bond donors (Lipinski definition) is 1. The molecule has 0 aliphatic rings. The Bertz CT molecular complexity index is 363. The summed E-state index contributed by atoms with van der Waals surface area (Å²) in [6.07, 6.45) is 1.23. The van der Waals surface area contributed by atoms with E-state index in [1.807, 2.05) is 25.1 Å². The van der Waals surface area contributed by atoms with Crippen LogP contribution in [0.2, 0.25) is 0 Å². The summed E-state index contributed by atoms with van der Waals surface area (Å²) in [4.78, 5) is 11.1. The normalized spacial score (nSPS) is 9.60. The number of nitrogens with one attached hydrogen (secondary N) is 1. The lowest BCUT2D eigenvalue weighted by Gasteiger charge is -2.01. The Balaban J connectivity index is 2.16. The van der Waals surface area contributed by atoms with Crippen LogP contribution in [0, 0.1) is 18.3 Å². The second kappa shape index (κ2) is 5.86. The maximum atomic E-state index is 11.1. The van der Waals surface area contributed by atoms with Crippen molar-refractivity contribution in [2.45, 2.75) is 26.2 Å². The standard InChI is InChI=1S/C11H14N2O2/c1-9-4-5-10(15-9)6-8-13-11(14)3-2-7-12/h4-5H,2-3,6,8H2,1H3,(H,13,14). The lowest BCUT2D eigenvalue weighted by molar-refractivity contribution is -0.120. The average Bonchev–Trinajstić information content (AvgIpc) is 2.61. The quantitative estimate of drug-likeness (QED) is 0.794. The van der Waals surface area contributed by atoms with E-state index in [9.17, 15) is 4.79 Å². The summed E-state index contributed by atoms with van der Waals surface area (Å²) in [7, 11) is 0. The smallest absolute Gasteiger partial charge is 0.221 e. The van der Waals surface area contributed by atoms with E-state index in [0.717, 1.165) is 11.5 Å². The Morgan fingerprint density at radius 3 is 3.00 bits per heavy atom. The fourth-order valence-corrected chi connectivity index (χ4v) is 1.20. The first-order valence-electron chi connectivity index (χ1n) is 4.91. The molecule has 0 aliphatic heterocycles. The van der Waals surface area contributed by atoms with Crippen LogP contribution in [-0.2, 0) is 11.2 Å². The molecule has 0 radical (unpaired) electrons. The van der Waals surface area contributed by atoms with E-state index >= 15 is 0 Å². The van der Waals surface area contributed by atoms with Crippen molar-refractivity contribution in [1.29, 1.82) is 5.26 Å². The van der Waals surface area contributed by atoms with Gasteiger partial charge in [-0.05, 0) is 19.1 Å². The zero-order valence-electron chi connectivity index (χ0n) is 8.75. The molecule has 0 bridgehead atoms. The Hall–Kier alpha value is -1.76. The van der Waals surface area contributed by atoms with Crippen LogP contribution in [0.5, 0.6) is 0 Å². The summed E-state index contributed by atoms with van der Waals surface area (Å²) in [5, 5.41) is 11.0. The fourth-order valence-electron chi connectivity index (χ4n) is 1.20. The number of nitrogens with zero attached hydrogens (tertiary/aromatic N) is 1. The molecule has 15 heavy (non-hydrogen) atoms. The van der Waals surface area contributed by atoms with Crippen LogP contribution in [0.1, 0.15) is 24.4 Å². The molecule has 1 heterocycles. The molecule has 0 saturated heterocycles. The molecule has 4 nitrogen and oxygen atoms in total. The molecule has 0 atom stereocenters. The number of aryl methyl sites for hydroxylation is 1. The van der Waals surface area contributed by atoms with E-state index in [1.54, 1.807) is 0 Å². The predicted molar refractivity (Wildman–Crippen MR) is 55.0 cm³/mol. The summed E-state index contributed by atoms with van der Waals surface area (Å²) < 4.78 is 5.34. The highest BCUT2D eigenvalue weighted by atomic mass is 16.3. The van der Waals surface area contributed by atoms with Gasteiger partial charge in [0.2, 0.25) is 5.91 Å². The summed E-state index contributed by atoms with van der Waals surface area (Å²) in [6, 6.07) is 5.73. The van der Waals surface area contributed by atoms with Crippen molar-refractivity contribution in [2.24, 2.45) is 0 Å². The van der Waals surface area contributed by atoms with E-state index < -0.39 is 0 Å². The molecule has 0 aliphatic carbocycles. The SMILES string of the molecule is Cc1ccc(CCNC(=O)CCC#N)o1. The third-order valence-electron chi connectivity index (χ3n) is 1.95. The Morgan fingerprint density at radius 1 is 1.60 bits per heavy atom. The summed E-state index contributed by atoms with van der Waals surface area (Å²) in [6.45, 7) is 2.44. The molecule has 0 fully saturated rings. The first kappa shape index (κ1) is 11.3. The van der Waals surface area contributed by atoms with E-state index in [2.05, 4.69) is 5.32 Å². The van der Waals surface area contributed by atoms with Gasteiger partial charge in [0.25, 0.3) is 0 Å². The second-order valence-electron chi connectivity index (χ2n) is 3.27. The molecule has 0 aromatic carbocycles. The number of rotatable bonds is 5. The van der Waals surface area contributed by atoms with Crippen LogP contribution >= 0.6 is 0 Å². The van der Waals surface area contributed by atoms with Gasteiger partial charge in [-0.25, -0.2) is 0 Å². The number of furan rings is 1. The monoisotopic (exact) mass is 206 g/mol. The van der Waals surface area contributed by atoms with Crippen molar-refractivity contribution in [2.75, 3.05) is 6.54 Å². The number of carbonyl (C=O) groups is 1. The minimum absolute atomic E-state index is 0.0835. The zero-order chi connectivity index (χ0) is 11.1. The van der Waals surface area contributed by atoms with Crippen LogP contribution in [0.25, 0.3) is 0 Å². The van der Waals surface area contributed by atoms with Gasteiger partial charge in [-0.15, -0.1) is 0 Å². The molecule has 1 N–H and O–H groups in total. The maximum Gasteiger partial charge on any atom is 0.221 e. The second-order valence-corrected chi connectivity index (χ2v) is 3.27. The van der Waals surface area contributed by atoms with Gasteiger partial charge in [-0.1, -0.05) is 0 Å². The molecule has 0 spiro atoms. The number of amides is 1. The minimum Gasteiger partial charge on any atom is -0.466 e. The van der Waals surface area contributed by atoms with Gasteiger partial charge in [0.05, 0.1) is 6.07 Å². The Kier molecular flexibility index (Phi) is 4.42. The molecule has 80 valence electrons. The van der Waals surface area contributed by atoms with Crippen molar-refractivity contribution in [3.63, 3.8) is 0 Å². The van der Waals surface area contributed by atoms with E-state index in [-0.39, 0.29) is 18.7 Å². The van der Waals surface area contributed by atoms with Gasteiger partial charge < -0.3 is 9.73 Å². The van der Waals surface area contributed by atoms with Gasteiger partial charge in [-0.3, -0.25) is 4.79 Å².